The van der Waals surface area contributed by atoms with Crippen molar-refractivity contribution in [2.45, 2.75) is 12.8 Å². The van der Waals surface area contributed by atoms with Gasteiger partial charge in [-0.25, -0.2) is 0 Å². The molecule has 0 radical (unpaired) electrons. The second kappa shape index (κ2) is 4.87. The summed E-state index contributed by atoms with van der Waals surface area (Å²) in [4.78, 5) is 0. The Kier molecular flexibility index (Phi) is 4.06. The molecular weight excluding hydrogens is 155 g/mol. The highest BCUT2D eigenvalue weighted by atomic mass is 31.1. The largest absolute Gasteiger partial charge is 0.275 e. The zero-order valence-electron chi connectivity index (χ0n) is 7.38. The van der Waals surface area contributed by atoms with Crippen molar-refractivity contribution in [2.75, 3.05) is 27.2 Å². The second-order valence-corrected chi connectivity index (χ2v) is 4.72. The molecule has 11 heavy (non-hydrogen) atoms. The Hall–Kier alpha value is 0.0900. The summed E-state index contributed by atoms with van der Waals surface area (Å²) < 4.78 is 4.77. The van der Waals surface area contributed by atoms with Crippen LogP contribution < -0.4 is 0 Å². The Morgan fingerprint density at radius 2 is 1.45 bits per heavy atom. The molecule has 0 atom stereocenters. The molecule has 0 aromatic rings. The molecule has 0 aromatic carbocycles. The quantitative estimate of drug-likeness (QED) is 0.405. The number of hydrogen-bond acceptors (Lipinski definition) is 2. The lowest BCUT2D eigenvalue weighted by atomic mass is 10.3. The Bertz CT molecular complexity index is 122. The van der Waals surface area contributed by atoms with Crippen LogP contribution in [0.1, 0.15) is 12.8 Å². The van der Waals surface area contributed by atoms with Crippen LogP contribution in [-0.4, -0.2) is 36.5 Å². The number of nitrogens with zero attached hydrogens (tertiary/aromatic N) is 2. The first kappa shape index (κ1) is 9.18. The van der Waals surface area contributed by atoms with E-state index in [9.17, 15) is 0 Å². The standard InChI is InChI=1S/C8H17N2P/c1-9-7-5-3-4-6-8-10(2)11-9/h3-4,11H,5-8H2,1-2H3/b4-3-. The van der Waals surface area contributed by atoms with Gasteiger partial charge in [0.25, 0.3) is 0 Å². The molecule has 0 aromatic heterocycles. The third-order valence-corrected chi connectivity index (χ3v) is 2.90. The van der Waals surface area contributed by atoms with Gasteiger partial charge >= 0.3 is 0 Å². The molecule has 64 valence electrons. The average Bonchev–Trinajstić information content (AvgIpc) is 2.02. The van der Waals surface area contributed by atoms with Crippen LogP contribution in [0.15, 0.2) is 12.2 Å². The fourth-order valence-electron chi connectivity index (χ4n) is 1.16. The smallest absolute Gasteiger partial charge is 0.0235 e. The molecule has 1 heterocycles. The molecule has 0 spiro atoms. The molecule has 0 unspecified atom stereocenters. The Morgan fingerprint density at radius 1 is 1.00 bits per heavy atom. The van der Waals surface area contributed by atoms with E-state index in [2.05, 4.69) is 35.6 Å². The molecular formula is C8H17N2P. The van der Waals surface area contributed by atoms with E-state index < -0.39 is 0 Å². The van der Waals surface area contributed by atoms with E-state index in [1.54, 1.807) is 0 Å². The first-order valence-corrected chi connectivity index (χ1v) is 5.02. The van der Waals surface area contributed by atoms with Crippen molar-refractivity contribution >= 4 is 8.88 Å². The van der Waals surface area contributed by atoms with E-state index in [-0.39, 0.29) is 0 Å². The van der Waals surface area contributed by atoms with E-state index in [1.807, 2.05) is 0 Å². The molecule has 0 aliphatic carbocycles. The van der Waals surface area contributed by atoms with Crippen molar-refractivity contribution in [1.29, 1.82) is 0 Å². The normalized spacial score (nSPS) is 27.1. The topological polar surface area (TPSA) is 6.48 Å². The summed E-state index contributed by atoms with van der Waals surface area (Å²) in [5, 5.41) is 0. The third-order valence-electron chi connectivity index (χ3n) is 1.77. The van der Waals surface area contributed by atoms with Gasteiger partial charge in [0.1, 0.15) is 0 Å². The SMILES string of the molecule is CN1CC/C=C\CCN(C)P1. The summed E-state index contributed by atoms with van der Waals surface area (Å²) in [6.07, 6.45) is 6.99. The van der Waals surface area contributed by atoms with Crippen LogP contribution in [0.25, 0.3) is 0 Å². The fourth-order valence-corrected chi connectivity index (χ4v) is 2.20. The van der Waals surface area contributed by atoms with Crippen molar-refractivity contribution in [3.63, 3.8) is 0 Å². The van der Waals surface area contributed by atoms with Gasteiger partial charge in [0.05, 0.1) is 0 Å². The maximum atomic E-state index is 2.38. The van der Waals surface area contributed by atoms with E-state index in [0.717, 1.165) is 8.88 Å². The Labute approximate surface area is 71.1 Å². The van der Waals surface area contributed by atoms with Gasteiger partial charge in [0, 0.05) is 22.0 Å². The number of rotatable bonds is 0. The highest BCUT2D eigenvalue weighted by molar-refractivity contribution is 7.32. The summed E-state index contributed by atoms with van der Waals surface area (Å²) >= 11 is 0. The van der Waals surface area contributed by atoms with E-state index >= 15 is 0 Å². The predicted molar refractivity (Wildman–Crippen MR) is 51.9 cm³/mol. The minimum Gasteiger partial charge on any atom is -0.275 e. The van der Waals surface area contributed by atoms with Gasteiger partial charge in [-0.2, -0.15) is 0 Å². The van der Waals surface area contributed by atoms with Crippen molar-refractivity contribution in [1.82, 2.24) is 9.34 Å². The molecule has 0 saturated carbocycles. The van der Waals surface area contributed by atoms with Gasteiger partial charge in [-0.05, 0) is 26.9 Å². The highest BCUT2D eigenvalue weighted by Gasteiger charge is 2.02. The van der Waals surface area contributed by atoms with Crippen LogP contribution in [0.3, 0.4) is 0 Å². The lowest BCUT2D eigenvalue weighted by molar-refractivity contribution is 0.493. The van der Waals surface area contributed by atoms with Crippen LogP contribution in [0.4, 0.5) is 0 Å². The van der Waals surface area contributed by atoms with E-state index in [1.165, 1.54) is 25.9 Å². The summed E-state index contributed by atoms with van der Waals surface area (Å²) in [6.45, 7) is 2.39. The molecule has 0 bridgehead atoms. The van der Waals surface area contributed by atoms with Gasteiger partial charge in [-0.15, -0.1) is 0 Å². The summed E-state index contributed by atoms with van der Waals surface area (Å²) in [6, 6.07) is 0. The van der Waals surface area contributed by atoms with E-state index in [4.69, 9.17) is 0 Å². The summed E-state index contributed by atoms with van der Waals surface area (Å²) in [5.41, 5.74) is 0. The molecule has 0 N–H and O–H groups in total. The van der Waals surface area contributed by atoms with E-state index in [0.29, 0.717) is 0 Å². The van der Waals surface area contributed by atoms with Crippen LogP contribution in [0.2, 0.25) is 0 Å². The Morgan fingerprint density at radius 3 is 1.91 bits per heavy atom. The average molecular weight is 172 g/mol. The highest BCUT2D eigenvalue weighted by Crippen LogP contribution is 2.21. The van der Waals surface area contributed by atoms with Gasteiger partial charge < -0.3 is 0 Å². The maximum Gasteiger partial charge on any atom is 0.0235 e. The van der Waals surface area contributed by atoms with Gasteiger partial charge in [0.15, 0.2) is 0 Å². The summed E-state index contributed by atoms with van der Waals surface area (Å²) in [5.74, 6) is 0. The molecule has 1 rings (SSSR count). The van der Waals surface area contributed by atoms with Crippen molar-refractivity contribution < 1.29 is 0 Å². The zero-order chi connectivity index (χ0) is 8.10. The van der Waals surface area contributed by atoms with Crippen molar-refractivity contribution in [2.24, 2.45) is 0 Å². The number of hydrogen-bond donors (Lipinski definition) is 0. The third kappa shape index (κ3) is 3.85. The lowest BCUT2D eigenvalue weighted by Gasteiger charge is -2.22. The van der Waals surface area contributed by atoms with Gasteiger partial charge in [-0.1, -0.05) is 12.2 Å². The second-order valence-electron chi connectivity index (χ2n) is 2.99. The molecule has 1 aliphatic rings. The van der Waals surface area contributed by atoms with Crippen LogP contribution in [0, 0.1) is 0 Å². The molecule has 2 nitrogen and oxygen atoms in total. The van der Waals surface area contributed by atoms with Crippen LogP contribution in [-0.2, 0) is 0 Å². The van der Waals surface area contributed by atoms with Gasteiger partial charge in [0.2, 0.25) is 0 Å². The molecule has 0 amide bonds. The van der Waals surface area contributed by atoms with Crippen molar-refractivity contribution in [3.8, 4) is 0 Å². The molecule has 0 fully saturated rings. The first-order chi connectivity index (χ1) is 5.29. The first-order valence-electron chi connectivity index (χ1n) is 4.12. The van der Waals surface area contributed by atoms with Gasteiger partial charge in [-0.3, -0.25) is 9.34 Å². The van der Waals surface area contributed by atoms with Crippen molar-refractivity contribution in [3.05, 3.63) is 12.2 Å². The molecule has 0 saturated heterocycles. The van der Waals surface area contributed by atoms with Crippen LogP contribution >= 0.6 is 8.88 Å². The monoisotopic (exact) mass is 172 g/mol. The van der Waals surface area contributed by atoms with Crippen LogP contribution in [0.5, 0.6) is 0 Å². The minimum atomic E-state index is 0.860. The lowest BCUT2D eigenvalue weighted by Crippen LogP contribution is -2.17. The minimum absolute atomic E-state index is 0.860. The molecule has 1 aliphatic heterocycles. The predicted octanol–water partition coefficient (Wildman–Crippen LogP) is 1.71. The molecule has 3 heteroatoms. The Balaban J connectivity index is 2.37. The fraction of sp³-hybridized carbons (Fsp3) is 0.750. The maximum absolute atomic E-state index is 2.38. The zero-order valence-corrected chi connectivity index (χ0v) is 8.38. The summed E-state index contributed by atoms with van der Waals surface area (Å²) in [7, 11) is 5.24.